The van der Waals surface area contributed by atoms with Crippen molar-refractivity contribution in [1.82, 2.24) is 9.80 Å². The van der Waals surface area contributed by atoms with Gasteiger partial charge in [-0.15, -0.1) is 0 Å². The van der Waals surface area contributed by atoms with Crippen LogP contribution in [0.1, 0.15) is 20.3 Å². The number of carbonyl (C=O) groups is 1. The van der Waals surface area contributed by atoms with Crippen molar-refractivity contribution in [1.29, 1.82) is 5.26 Å². The molecule has 20 heavy (non-hydrogen) atoms. The Morgan fingerprint density at radius 2 is 2.05 bits per heavy atom. The van der Waals surface area contributed by atoms with Gasteiger partial charge in [0.25, 0.3) is 0 Å². The average Bonchev–Trinajstić information content (AvgIpc) is 2.47. The van der Waals surface area contributed by atoms with Gasteiger partial charge in [0, 0.05) is 32.7 Å². The summed E-state index contributed by atoms with van der Waals surface area (Å²) in [7, 11) is 0. The van der Waals surface area contributed by atoms with E-state index in [1.165, 1.54) is 0 Å². The van der Waals surface area contributed by atoms with E-state index in [0.29, 0.717) is 19.5 Å². The first-order valence-corrected chi connectivity index (χ1v) is 8.07. The van der Waals surface area contributed by atoms with Crippen LogP contribution in [0.15, 0.2) is 0 Å². The first kappa shape index (κ1) is 17.4. The zero-order chi connectivity index (χ0) is 15.0. The van der Waals surface area contributed by atoms with Crippen molar-refractivity contribution < 1.29 is 9.53 Å². The molecule has 0 aromatic carbocycles. The summed E-state index contributed by atoms with van der Waals surface area (Å²) in [5, 5.41) is 8.74. The fourth-order valence-electron chi connectivity index (χ4n) is 2.06. The number of morpholine rings is 1. The van der Waals surface area contributed by atoms with Gasteiger partial charge in [-0.1, -0.05) is 29.8 Å². The zero-order valence-corrected chi connectivity index (χ0v) is 13.9. The minimum absolute atomic E-state index is 0.0866. The number of nitrogens with zero attached hydrogens (tertiary/aromatic N) is 3. The van der Waals surface area contributed by atoms with Gasteiger partial charge < -0.3 is 9.64 Å². The zero-order valence-electron chi connectivity index (χ0n) is 12.3. The molecule has 1 heterocycles. The van der Waals surface area contributed by atoms with Gasteiger partial charge in [-0.25, -0.2) is 0 Å². The number of hydrogen-bond donors (Lipinski definition) is 0. The van der Waals surface area contributed by atoms with Gasteiger partial charge >= 0.3 is 0 Å². The third kappa shape index (κ3) is 5.78. The minimum Gasteiger partial charge on any atom is -0.379 e. The van der Waals surface area contributed by atoms with E-state index in [1.807, 2.05) is 13.8 Å². The topological polar surface area (TPSA) is 56.6 Å². The number of alkyl halides is 1. The largest absolute Gasteiger partial charge is 0.379 e. The average molecular weight is 346 g/mol. The predicted octanol–water partition coefficient (Wildman–Crippen LogP) is 1.48. The third-order valence-corrected chi connectivity index (χ3v) is 4.87. The van der Waals surface area contributed by atoms with Crippen LogP contribution in [0.5, 0.6) is 0 Å². The maximum Gasteiger partial charge on any atom is 0.236 e. The van der Waals surface area contributed by atoms with E-state index in [9.17, 15) is 4.79 Å². The molecule has 0 aliphatic carbocycles. The van der Waals surface area contributed by atoms with Crippen molar-refractivity contribution in [2.45, 2.75) is 25.1 Å². The van der Waals surface area contributed by atoms with E-state index >= 15 is 0 Å². The normalized spacial score (nSPS) is 17.8. The highest BCUT2D eigenvalue weighted by atomic mass is 79.9. The van der Waals surface area contributed by atoms with Gasteiger partial charge in [-0.05, 0) is 5.92 Å². The summed E-state index contributed by atoms with van der Waals surface area (Å²) in [6.07, 6.45) is 0.382. The number of ether oxygens (including phenoxy) is 1. The van der Waals surface area contributed by atoms with Gasteiger partial charge in [0.15, 0.2) is 0 Å². The molecular formula is C14H24BrN3O2. The van der Waals surface area contributed by atoms with Crippen molar-refractivity contribution in [3.63, 3.8) is 0 Å². The molecule has 0 N–H and O–H groups in total. The van der Waals surface area contributed by atoms with Crippen molar-refractivity contribution in [3.05, 3.63) is 0 Å². The van der Waals surface area contributed by atoms with Gasteiger partial charge in [0.05, 0.1) is 30.5 Å². The monoisotopic (exact) mass is 345 g/mol. The maximum absolute atomic E-state index is 12.4. The number of rotatable bonds is 7. The van der Waals surface area contributed by atoms with E-state index in [0.717, 1.165) is 32.8 Å². The third-order valence-electron chi connectivity index (χ3n) is 3.42. The molecule has 1 saturated heterocycles. The molecule has 5 nitrogen and oxygen atoms in total. The van der Waals surface area contributed by atoms with E-state index in [1.54, 1.807) is 4.90 Å². The van der Waals surface area contributed by atoms with Crippen molar-refractivity contribution in [3.8, 4) is 6.07 Å². The lowest BCUT2D eigenvalue weighted by atomic mass is 10.1. The second kappa shape index (κ2) is 9.32. The lowest BCUT2D eigenvalue weighted by molar-refractivity contribution is -0.131. The molecular weight excluding hydrogens is 322 g/mol. The molecule has 0 aromatic heterocycles. The van der Waals surface area contributed by atoms with Crippen molar-refractivity contribution >= 4 is 21.8 Å². The number of carbonyl (C=O) groups excluding carboxylic acids is 1. The molecule has 1 unspecified atom stereocenters. The Labute approximate surface area is 130 Å². The lowest BCUT2D eigenvalue weighted by Gasteiger charge is -2.31. The van der Waals surface area contributed by atoms with Gasteiger partial charge in [0.2, 0.25) is 5.91 Å². The van der Waals surface area contributed by atoms with E-state index in [2.05, 4.69) is 26.9 Å². The molecule has 0 radical (unpaired) electrons. The molecule has 1 amide bonds. The Bertz CT molecular complexity index is 338. The quantitative estimate of drug-likeness (QED) is 0.656. The maximum atomic E-state index is 12.4. The van der Waals surface area contributed by atoms with Gasteiger partial charge in [0.1, 0.15) is 0 Å². The SMILES string of the molecule is CC(C)C(Br)C(=O)N(CCC#N)CCN1CCOCC1. The summed E-state index contributed by atoms with van der Waals surface area (Å²) in [6, 6.07) is 2.12. The first-order valence-electron chi connectivity index (χ1n) is 7.16. The molecule has 0 saturated carbocycles. The van der Waals surface area contributed by atoms with Crippen LogP contribution in [0.4, 0.5) is 0 Å². The van der Waals surface area contributed by atoms with Gasteiger partial charge in [-0.2, -0.15) is 5.26 Å². The Hall–Kier alpha value is -0.640. The fourth-order valence-corrected chi connectivity index (χ4v) is 2.35. The summed E-state index contributed by atoms with van der Waals surface area (Å²) in [6.45, 7) is 9.43. The Balaban J connectivity index is 2.50. The number of halogens is 1. The van der Waals surface area contributed by atoms with Crippen LogP contribution in [0, 0.1) is 17.2 Å². The summed E-state index contributed by atoms with van der Waals surface area (Å²) < 4.78 is 5.32. The highest BCUT2D eigenvalue weighted by Crippen LogP contribution is 2.15. The molecule has 0 bridgehead atoms. The highest BCUT2D eigenvalue weighted by molar-refractivity contribution is 9.10. The lowest BCUT2D eigenvalue weighted by Crippen LogP contribution is -2.45. The van der Waals surface area contributed by atoms with Crippen LogP contribution in [0.3, 0.4) is 0 Å². The summed E-state index contributed by atoms with van der Waals surface area (Å²) in [5.41, 5.74) is 0. The predicted molar refractivity (Wildman–Crippen MR) is 81.6 cm³/mol. The molecule has 114 valence electrons. The van der Waals surface area contributed by atoms with E-state index in [4.69, 9.17) is 10.00 Å². The summed E-state index contributed by atoms with van der Waals surface area (Å²) >= 11 is 3.46. The number of hydrogen-bond acceptors (Lipinski definition) is 4. The van der Waals surface area contributed by atoms with Crippen LogP contribution in [-0.4, -0.2) is 66.5 Å². The van der Waals surface area contributed by atoms with Gasteiger partial charge in [-0.3, -0.25) is 9.69 Å². The van der Waals surface area contributed by atoms with Crippen LogP contribution in [-0.2, 0) is 9.53 Å². The summed E-state index contributed by atoms with van der Waals surface area (Å²) in [5.74, 6) is 0.332. The molecule has 1 fully saturated rings. The number of nitriles is 1. The fraction of sp³-hybridized carbons (Fsp3) is 0.857. The Morgan fingerprint density at radius 3 is 2.60 bits per heavy atom. The van der Waals surface area contributed by atoms with Crippen LogP contribution in [0.25, 0.3) is 0 Å². The minimum atomic E-state index is -0.175. The van der Waals surface area contributed by atoms with Crippen molar-refractivity contribution in [2.75, 3.05) is 45.9 Å². The second-order valence-corrected chi connectivity index (χ2v) is 6.32. The first-order chi connectivity index (χ1) is 9.56. The Kier molecular flexibility index (Phi) is 8.12. The molecule has 6 heteroatoms. The smallest absolute Gasteiger partial charge is 0.236 e. The van der Waals surface area contributed by atoms with Crippen LogP contribution in [0.2, 0.25) is 0 Å². The molecule has 1 atom stereocenters. The molecule has 1 rings (SSSR count). The molecule has 0 aromatic rings. The molecule has 1 aliphatic heterocycles. The Morgan fingerprint density at radius 1 is 1.40 bits per heavy atom. The standard InChI is InChI=1S/C14H24BrN3O2/c1-12(2)13(15)14(19)18(5-3-4-16)7-6-17-8-10-20-11-9-17/h12-13H,3,5-11H2,1-2H3. The molecule has 1 aliphatic rings. The summed E-state index contributed by atoms with van der Waals surface area (Å²) in [4.78, 5) is 16.3. The van der Waals surface area contributed by atoms with E-state index < -0.39 is 0 Å². The van der Waals surface area contributed by atoms with Crippen LogP contribution >= 0.6 is 15.9 Å². The van der Waals surface area contributed by atoms with E-state index in [-0.39, 0.29) is 16.7 Å². The number of amides is 1. The van der Waals surface area contributed by atoms with Crippen LogP contribution < -0.4 is 0 Å². The highest BCUT2D eigenvalue weighted by Gasteiger charge is 2.24. The second-order valence-electron chi connectivity index (χ2n) is 5.33. The van der Waals surface area contributed by atoms with Crippen molar-refractivity contribution in [2.24, 2.45) is 5.92 Å². The molecule has 0 spiro atoms.